The van der Waals surface area contributed by atoms with Crippen LogP contribution in [0.2, 0.25) is 0 Å². The molecule has 0 aromatic rings. The van der Waals surface area contributed by atoms with Crippen LogP contribution in [-0.2, 0) is 14.3 Å². The molecule has 1 aliphatic heterocycles. The first-order chi connectivity index (χ1) is 12.6. The molecule has 8 heteroatoms. The minimum absolute atomic E-state index is 0.0145. The Labute approximate surface area is 158 Å². The lowest BCUT2D eigenvalue weighted by Gasteiger charge is -2.40. The van der Waals surface area contributed by atoms with Crippen LogP contribution >= 0.6 is 0 Å². The minimum atomic E-state index is -1.50. The van der Waals surface area contributed by atoms with Gasteiger partial charge in [0.15, 0.2) is 12.1 Å². The van der Waals surface area contributed by atoms with Crippen molar-refractivity contribution < 1.29 is 39.8 Å². The van der Waals surface area contributed by atoms with E-state index in [1.54, 1.807) is 13.0 Å². The van der Waals surface area contributed by atoms with Crippen molar-refractivity contribution in [3.05, 3.63) is 23.8 Å². The van der Waals surface area contributed by atoms with E-state index < -0.39 is 43.4 Å². The maximum atomic E-state index is 11.8. The summed E-state index contributed by atoms with van der Waals surface area (Å²) >= 11 is 0. The summed E-state index contributed by atoms with van der Waals surface area (Å²) in [5.41, 5.74) is 0.274. The smallest absolute Gasteiger partial charge is 0.187 e. The van der Waals surface area contributed by atoms with Gasteiger partial charge in [-0.1, -0.05) is 26.0 Å². The van der Waals surface area contributed by atoms with Gasteiger partial charge in [0.2, 0.25) is 0 Å². The van der Waals surface area contributed by atoms with Crippen LogP contribution in [0, 0.1) is 11.3 Å². The molecule has 1 aliphatic carbocycles. The number of ether oxygens (including phenoxy) is 2. The number of hydrogen-bond acceptors (Lipinski definition) is 8. The quantitative estimate of drug-likeness (QED) is 0.377. The molecular formula is C19H30O8. The molecule has 1 heterocycles. The molecule has 0 amide bonds. The Morgan fingerprint density at radius 2 is 1.93 bits per heavy atom. The second-order valence-corrected chi connectivity index (χ2v) is 7.91. The van der Waals surface area contributed by atoms with Crippen molar-refractivity contribution in [2.75, 3.05) is 13.2 Å². The summed E-state index contributed by atoms with van der Waals surface area (Å²) < 4.78 is 10.9. The van der Waals surface area contributed by atoms with E-state index >= 15 is 0 Å². The number of allylic oxidation sites excluding steroid dienone is 2. The van der Waals surface area contributed by atoms with Crippen molar-refractivity contribution in [3.8, 4) is 0 Å². The molecule has 7 atom stereocenters. The van der Waals surface area contributed by atoms with E-state index in [1.165, 1.54) is 6.08 Å². The molecule has 8 nitrogen and oxygen atoms in total. The molecule has 0 aromatic heterocycles. The van der Waals surface area contributed by atoms with Crippen molar-refractivity contribution in [1.29, 1.82) is 0 Å². The number of carbonyl (C=O) groups is 1. The minimum Gasteiger partial charge on any atom is -0.394 e. The van der Waals surface area contributed by atoms with Crippen LogP contribution in [0.1, 0.15) is 27.2 Å². The van der Waals surface area contributed by atoms with E-state index in [2.05, 4.69) is 0 Å². The number of aliphatic hydroxyl groups excluding tert-OH is 5. The molecule has 0 aromatic carbocycles. The lowest BCUT2D eigenvalue weighted by Crippen LogP contribution is -2.59. The predicted molar refractivity (Wildman–Crippen MR) is 95.5 cm³/mol. The number of rotatable bonds is 6. The summed E-state index contributed by atoms with van der Waals surface area (Å²) in [6.45, 7) is 4.87. The summed E-state index contributed by atoms with van der Waals surface area (Å²) in [7, 11) is 0. The molecule has 1 fully saturated rings. The highest BCUT2D eigenvalue weighted by Gasteiger charge is 2.44. The fourth-order valence-corrected chi connectivity index (χ4v) is 3.64. The first-order valence-electron chi connectivity index (χ1n) is 9.09. The zero-order chi connectivity index (χ0) is 20.4. The summed E-state index contributed by atoms with van der Waals surface area (Å²) in [6.07, 6.45) is -1.74. The monoisotopic (exact) mass is 386 g/mol. The van der Waals surface area contributed by atoms with Gasteiger partial charge >= 0.3 is 0 Å². The van der Waals surface area contributed by atoms with Gasteiger partial charge < -0.3 is 35.0 Å². The maximum absolute atomic E-state index is 11.8. The molecule has 1 saturated heterocycles. The second kappa shape index (κ2) is 8.91. The van der Waals surface area contributed by atoms with Crippen LogP contribution in [-0.4, -0.2) is 81.3 Å². The van der Waals surface area contributed by atoms with E-state index in [0.29, 0.717) is 12.0 Å². The molecule has 0 unspecified atom stereocenters. The van der Waals surface area contributed by atoms with Crippen molar-refractivity contribution in [3.63, 3.8) is 0 Å². The Hall–Kier alpha value is -1.13. The van der Waals surface area contributed by atoms with Gasteiger partial charge in [-0.25, -0.2) is 0 Å². The molecule has 0 radical (unpaired) electrons. The summed E-state index contributed by atoms with van der Waals surface area (Å²) in [4.78, 5) is 11.8. The Balaban J connectivity index is 2.06. The van der Waals surface area contributed by atoms with Crippen LogP contribution < -0.4 is 0 Å². The number of hydrogen-bond donors (Lipinski definition) is 5. The van der Waals surface area contributed by atoms with Gasteiger partial charge in [0.1, 0.15) is 24.4 Å². The van der Waals surface area contributed by atoms with E-state index in [4.69, 9.17) is 9.47 Å². The van der Waals surface area contributed by atoms with Gasteiger partial charge in [0, 0.05) is 12.3 Å². The normalized spacial score (nSPS) is 38.1. The number of ketones is 1. The molecule has 2 rings (SSSR count). The van der Waals surface area contributed by atoms with Gasteiger partial charge in [0.25, 0.3) is 0 Å². The first kappa shape index (κ1) is 22.2. The summed E-state index contributed by atoms with van der Waals surface area (Å²) in [6, 6.07) is 0. The third-order valence-corrected chi connectivity index (χ3v) is 5.17. The first-order valence-corrected chi connectivity index (χ1v) is 9.09. The highest BCUT2D eigenvalue weighted by Crippen LogP contribution is 2.40. The fourth-order valence-electron chi connectivity index (χ4n) is 3.64. The predicted octanol–water partition coefficient (Wildman–Crippen LogP) is -0.718. The molecule has 0 spiro atoms. The maximum Gasteiger partial charge on any atom is 0.187 e. The van der Waals surface area contributed by atoms with Crippen molar-refractivity contribution >= 4 is 5.78 Å². The lowest BCUT2D eigenvalue weighted by molar-refractivity contribution is -0.306. The Morgan fingerprint density at radius 1 is 1.26 bits per heavy atom. The molecule has 5 N–H and O–H groups in total. The van der Waals surface area contributed by atoms with E-state index in [0.717, 1.165) is 0 Å². The van der Waals surface area contributed by atoms with Crippen LogP contribution in [0.4, 0.5) is 0 Å². The van der Waals surface area contributed by atoms with Crippen molar-refractivity contribution in [1.82, 2.24) is 0 Å². The van der Waals surface area contributed by atoms with Crippen LogP contribution in [0.15, 0.2) is 23.8 Å². The molecule has 2 aliphatic rings. The standard InChI is InChI=1S/C19H30O8/c1-10(26-18-17(25)16(24)15(23)14(9-21)27-18)4-5-13-11(8-20)6-12(22)7-19(13,2)3/h4-6,10,13-18,20-21,23-25H,7-9H2,1-3H3/b5-4+/t10-,13+,14+,15+,16-,17+,18+/m1/s1. The fraction of sp³-hybridized carbons (Fsp3) is 0.737. The zero-order valence-electron chi connectivity index (χ0n) is 15.9. The summed E-state index contributed by atoms with van der Waals surface area (Å²) in [5, 5.41) is 48.4. The second-order valence-electron chi connectivity index (χ2n) is 7.91. The Morgan fingerprint density at radius 3 is 2.52 bits per heavy atom. The topological polar surface area (TPSA) is 137 Å². The molecule has 0 saturated carbocycles. The number of aliphatic hydroxyl groups is 5. The molecule has 0 bridgehead atoms. The molecular weight excluding hydrogens is 356 g/mol. The van der Waals surface area contributed by atoms with Gasteiger partial charge in [0.05, 0.1) is 19.3 Å². The third-order valence-electron chi connectivity index (χ3n) is 5.17. The number of carbonyl (C=O) groups excluding carboxylic acids is 1. The van der Waals surface area contributed by atoms with E-state index in [-0.39, 0.29) is 23.7 Å². The van der Waals surface area contributed by atoms with E-state index in [1.807, 2.05) is 19.9 Å². The van der Waals surface area contributed by atoms with Crippen LogP contribution in [0.25, 0.3) is 0 Å². The van der Waals surface area contributed by atoms with Gasteiger partial charge in [-0.2, -0.15) is 0 Å². The van der Waals surface area contributed by atoms with Gasteiger partial charge in [-0.05, 0) is 24.0 Å². The SMILES string of the molecule is C[C@H](/C=C/[C@H]1C(CO)=CC(=O)CC1(C)C)O[C@H]1O[C@@H](CO)[C@H](O)[C@@H](O)[C@@H]1O. The zero-order valence-corrected chi connectivity index (χ0v) is 15.9. The Bertz CT molecular complexity index is 582. The average Bonchev–Trinajstić information content (AvgIpc) is 2.59. The summed E-state index contributed by atoms with van der Waals surface area (Å²) in [5.74, 6) is -0.166. The highest BCUT2D eigenvalue weighted by molar-refractivity contribution is 5.92. The van der Waals surface area contributed by atoms with Gasteiger partial charge in [-0.15, -0.1) is 0 Å². The van der Waals surface area contributed by atoms with E-state index in [9.17, 15) is 30.3 Å². The van der Waals surface area contributed by atoms with Gasteiger partial charge in [-0.3, -0.25) is 4.79 Å². The highest BCUT2D eigenvalue weighted by atomic mass is 16.7. The van der Waals surface area contributed by atoms with Crippen LogP contribution in [0.3, 0.4) is 0 Å². The van der Waals surface area contributed by atoms with Crippen molar-refractivity contribution in [2.24, 2.45) is 11.3 Å². The largest absolute Gasteiger partial charge is 0.394 e. The Kier molecular flexibility index (Phi) is 7.32. The van der Waals surface area contributed by atoms with Crippen molar-refractivity contribution in [2.45, 2.75) is 64.0 Å². The molecule has 27 heavy (non-hydrogen) atoms. The lowest BCUT2D eigenvalue weighted by atomic mass is 9.68. The van der Waals surface area contributed by atoms with Crippen LogP contribution in [0.5, 0.6) is 0 Å². The average molecular weight is 386 g/mol. The third kappa shape index (κ3) is 5.03. The molecule has 154 valence electrons.